The van der Waals surface area contributed by atoms with Crippen molar-refractivity contribution < 1.29 is 4.74 Å². The SMILES string of the molecule is CSc1ccc(CNc2ccc(Oc3ccc(Cl)cc3)cc2)s1. The van der Waals surface area contributed by atoms with Gasteiger partial charge in [-0.1, -0.05) is 11.6 Å². The zero-order valence-electron chi connectivity index (χ0n) is 12.6. The number of anilines is 1. The first-order valence-electron chi connectivity index (χ1n) is 7.13. The van der Waals surface area contributed by atoms with E-state index in [1.54, 1.807) is 11.8 Å². The monoisotopic (exact) mass is 361 g/mol. The third kappa shape index (κ3) is 4.67. The van der Waals surface area contributed by atoms with Crippen LogP contribution in [-0.4, -0.2) is 6.26 Å². The third-order valence-electron chi connectivity index (χ3n) is 3.21. The summed E-state index contributed by atoms with van der Waals surface area (Å²) in [6.45, 7) is 0.836. The van der Waals surface area contributed by atoms with Crippen LogP contribution in [-0.2, 0) is 6.54 Å². The number of rotatable bonds is 6. The minimum Gasteiger partial charge on any atom is -0.457 e. The van der Waals surface area contributed by atoms with Crippen LogP contribution >= 0.6 is 34.7 Å². The van der Waals surface area contributed by atoms with E-state index in [0.717, 1.165) is 23.7 Å². The van der Waals surface area contributed by atoms with Crippen molar-refractivity contribution in [3.63, 3.8) is 0 Å². The molecule has 3 aromatic rings. The molecule has 0 aliphatic carbocycles. The molecule has 0 bridgehead atoms. The molecule has 1 aromatic heterocycles. The topological polar surface area (TPSA) is 21.3 Å². The van der Waals surface area contributed by atoms with E-state index in [1.807, 2.05) is 59.9 Å². The van der Waals surface area contributed by atoms with Crippen molar-refractivity contribution in [2.75, 3.05) is 11.6 Å². The number of benzene rings is 2. The quantitative estimate of drug-likeness (QED) is 0.504. The third-order valence-corrected chi connectivity index (χ3v) is 5.63. The Kier molecular flexibility index (Phi) is 5.49. The highest BCUT2D eigenvalue weighted by molar-refractivity contribution is 8.00. The average Bonchev–Trinajstić information content (AvgIpc) is 3.04. The molecular weight excluding hydrogens is 346 g/mol. The smallest absolute Gasteiger partial charge is 0.127 e. The first-order valence-corrected chi connectivity index (χ1v) is 9.55. The van der Waals surface area contributed by atoms with Crippen LogP contribution in [0.25, 0.3) is 0 Å². The molecule has 0 aliphatic heterocycles. The number of halogens is 1. The summed E-state index contributed by atoms with van der Waals surface area (Å²) in [5, 5.41) is 4.13. The lowest BCUT2D eigenvalue weighted by Gasteiger charge is -2.08. The van der Waals surface area contributed by atoms with Crippen LogP contribution in [0.4, 0.5) is 5.69 Å². The highest BCUT2D eigenvalue weighted by atomic mass is 35.5. The summed E-state index contributed by atoms with van der Waals surface area (Å²) in [5.41, 5.74) is 1.08. The molecule has 0 saturated heterocycles. The largest absolute Gasteiger partial charge is 0.457 e. The molecule has 2 aromatic carbocycles. The van der Waals surface area contributed by atoms with Crippen molar-refractivity contribution >= 4 is 40.4 Å². The number of hydrogen-bond donors (Lipinski definition) is 1. The average molecular weight is 362 g/mol. The van der Waals surface area contributed by atoms with E-state index in [2.05, 4.69) is 23.7 Å². The minimum atomic E-state index is 0.704. The Bertz CT molecular complexity index is 753. The molecule has 0 saturated carbocycles. The van der Waals surface area contributed by atoms with Gasteiger partial charge in [0.25, 0.3) is 0 Å². The zero-order chi connectivity index (χ0) is 16.1. The van der Waals surface area contributed by atoms with E-state index in [4.69, 9.17) is 16.3 Å². The van der Waals surface area contributed by atoms with E-state index in [1.165, 1.54) is 9.09 Å². The molecule has 23 heavy (non-hydrogen) atoms. The van der Waals surface area contributed by atoms with Gasteiger partial charge < -0.3 is 10.1 Å². The van der Waals surface area contributed by atoms with Crippen LogP contribution in [0.5, 0.6) is 11.5 Å². The standard InChI is InChI=1S/C18H16ClNOS2/c1-22-18-11-10-17(23-18)12-20-14-4-8-16(9-5-14)21-15-6-2-13(19)3-7-15/h2-11,20H,12H2,1H3. The summed E-state index contributed by atoms with van der Waals surface area (Å²) >= 11 is 9.47. The van der Waals surface area contributed by atoms with E-state index in [9.17, 15) is 0 Å². The van der Waals surface area contributed by atoms with Gasteiger partial charge in [-0.2, -0.15) is 0 Å². The van der Waals surface area contributed by atoms with Gasteiger partial charge in [-0.25, -0.2) is 0 Å². The van der Waals surface area contributed by atoms with Gasteiger partial charge in [0.1, 0.15) is 11.5 Å². The van der Waals surface area contributed by atoms with E-state index >= 15 is 0 Å². The predicted molar refractivity (Wildman–Crippen MR) is 101 cm³/mol. The lowest BCUT2D eigenvalue weighted by Crippen LogP contribution is -1.96. The number of thiophene rings is 1. The van der Waals surface area contributed by atoms with Crippen LogP contribution < -0.4 is 10.1 Å². The normalized spacial score (nSPS) is 10.5. The summed E-state index contributed by atoms with van der Waals surface area (Å²) in [7, 11) is 0. The molecule has 1 heterocycles. The van der Waals surface area contributed by atoms with Crippen LogP contribution in [0.3, 0.4) is 0 Å². The molecular formula is C18H16ClNOS2. The Balaban J connectivity index is 1.57. The maximum Gasteiger partial charge on any atom is 0.127 e. The maximum atomic E-state index is 5.87. The summed E-state index contributed by atoms with van der Waals surface area (Å²) in [5.74, 6) is 1.58. The maximum absolute atomic E-state index is 5.87. The molecule has 0 radical (unpaired) electrons. The molecule has 0 amide bonds. The lowest BCUT2D eigenvalue weighted by molar-refractivity contribution is 0.483. The van der Waals surface area contributed by atoms with Gasteiger partial charge in [-0.15, -0.1) is 23.1 Å². The fourth-order valence-corrected chi connectivity index (χ4v) is 3.69. The van der Waals surface area contributed by atoms with Gasteiger partial charge in [-0.3, -0.25) is 0 Å². The molecule has 2 nitrogen and oxygen atoms in total. The van der Waals surface area contributed by atoms with Crippen LogP contribution in [0.1, 0.15) is 4.88 Å². The van der Waals surface area contributed by atoms with Crippen molar-refractivity contribution in [1.82, 2.24) is 0 Å². The molecule has 0 aliphatic rings. The minimum absolute atomic E-state index is 0.704. The Labute approximate surface area is 149 Å². The van der Waals surface area contributed by atoms with E-state index < -0.39 is 0 Å². The highest BCUT2D eigenvalue weighted by Crippen LogP contribution is 2.27. The molecule has 5 heteroatoms. The second-order valence-electron chi connectivity index (χ2n) is 4.86. The van der Waals surface area contributed by atoms with Crippen LogP contribution in [0.2, 0.25) is 5.02 Å². The van der Waals surface area contributed by atoms with E-state index in [-0.39, 0.29) is 0 Å². The van der Waals surface area contributed by atoms with Gasteiger partial charge in [0.2, 0.25) is 0 Å². The molecule has 1 N–H and O–H groups in total. The number of ether oxygens (including phenoxy) is 1. The molecule has 0 fully saturated rings. The van der Waals surface area contributed by atoms with Gasteiger partial charge >= 0.3 is 0 Å². The molecule has 0 atom stereocenters. The Morgan fingerprint density at radius 3 is 2.22 bits per heavy atom. The molecule has 0 spiro atoms. The number of thioether (sulfide) groups is 1. The van der Waals surface area contributed by atoms with Crippen LogP contribution in [0, 0.1) is 0 Å². The first kappa shape index (κ1) is 16.2. The Morgan fingerprint density at radius 1 is 0.957 bits per heavy atom. The van der Waals surface area contributed by atoms with Crippen molar-refractivity contribution in [2.45, 2.75) is 10.8 Å². The van der Waals surface area contributed by atoms with Gasteiger partial charge in [-0.05, 0) is 66.9 Å². The Hall–Kier alpha value is -1.62. The highest BCUT2D eigenvalue weighted by Gasteiger charge is 2.01. The van der Waals surface area contributed by atoms with Gasteiger partial charge in [0.15, 0.2) is 0 Å². The summed E-state index contributed by atoms with van der Waals surface area (Å²) in [6, 6.07) is 19.6. The second-order valence-corrected chi connectivity index (χ2v) is 7.57. The van der Waals surface area contributed by atoms with Crippen molar-refractivity contribution in [3.05, 3.63) is 70.6 Å². The fourth-order valence-electron chi connectivity index (χ4n) is 2.03. The summed E-state index contributed by atoms with van der Waals surface area (Å²) < 4.78 is 7.12. The van der Waals surface area contributed by atoms with Crippen molar-refractivity contribution in [1.29, 1.82) is 0 Å². The summed E-state index contributed by atoms with van der Waals surface area (Å²) in [6.07, 6.45) is 2.10. The Morgan fingerprint density at radius 2 is 1.61 bits per heavy atom. The van der Waals surface area contributed by atoms with Crippen LogP contribution in [0.15, 0.2) is 64.9 Å². The fraction of sp³-hybridized carbons (Fsp3) is 0.111. The number of nitrogens with one attached hydrogen (secondary N) is 1. The zero-order valence-corrected chi connectivity index (χ0v) is 15.0. The van der Waals surface area contributed by atoms with Gasteiger partial charge in [0.05, 0.1) is 4.21 Å². The number of hydrogen-bond acceptors (Lipinski definition) is 4. The van der Waals surface area contributed by atoms with Crippen molar-refractivity contribution in [3.8, 4) is 11.5 Å². The molecule has 118 valence electrons. The van der Waals surface area contributed by atoms with E-state index in [0.29, 0.717) is 5.02 Å². The second kappa shape index (κ2) is 7.77. The first-order chi connectivity index (χ1) is 11.2. The predicted octanol–water partition coefficient (Wildman–Crippen LogP) is 6.53. The summed E-state index contributed by atoms with van der Waals surface area (Å²) in [4.78, 5) is 1.33. The van der Waals surface area contributed by atoms with Crippen molar-refractivity contribution in [2.24, 2.45) is 0 Å². The molecule has 0 unspecified atom stereocenters. The van der Waals surface area contributed by atoms with Gasteiger partial charge in [0, 0.05) is 22.1 Å². The lowest BCUT2D eigenvalue weighted by atomic mass is 10.3. The molecule has 3 rings (SSSR count).